The highest BCUT2D eigenvalue weighted by Crippen LogP contribution is 2.28. The van der Waals surface area contributed by atoms with Crippen molar-refractivity contribution in [1.29, 1.82) is 0 Å². The first-order valence-corrected chi connectivity index (χ1v) is 7.52. The minimum absolute atomic E-state index is 0.306. The SMILES string of the molecule is COCc1ccccc1-c1nc(N)c(I)c(C(C)C)n1. The fraction of sp³-hybridized carbons (Fsp3) is 0.333. The van der Waals surface area contributed by atoms with Crippen molar-refractivity contribution in [1.82, 2.24) is 9.97 Å². The Morgan fingerprint density at radius 3 is 2.60 bits per heavy atom. The van der Waals surface area contributed by atoms with Crippen molar-refractivity contribution in [3.8, 4) is 11.4 Å². The number of anilines is 1. The van der Waals surface area contributed by atoms with Crippen LogP contribution < -0.4 is 5.73 Å². The summed E-state index contributed by atoms with van der Waals surface area (Å²) < 4.78 is 6.17. The molecule has 0 amide bonds. The van der Waals surface area contributed by atoms with Gasteiger partial charge in [-0.1, -0.05) is 38.1 Å². The summed E-state index contributed by atoms with van der Waals surface area (Å²) in [7, 11) is 1.68. The minimum Gasteiger partial charge on any atom is -0.383 e. The Balaban J connectivity index is 2.59. The van der Waals surface area contributed by atoms with Gasteiger partial charge < -0.3 is 10.5 Å². The molecule has 0 saturated heterocycles. The Hall–Kier alpha value is -1.21. The predicted molar refractivity (Wildman–Crippen MR) is 89.4 cm³/mol. The summed E-state index contributed by atoms with van der Waals surface area (Å²) in [6.45, 7) is 4.74. The van der Waals surface area contributed by atoms with E-state index in [9.17, 15) is 0 Å². The van der Waals surface area contributed by atoms with E-state index in [0.717, 1.165) is 20.4 Å². The molecule has 2 aromatic rings. The van der Waals surface area contributed by atoms with Crippen molar-refractivity contribution < 1.29 is 4.74 Å². The maximum absolute atomic E-state index is 6.03. The van der Waals surface area contributed by atoms with Gasteiger partial charge in [0.05, 0.1) is 15.9 Å². The van der Waals surface area contributed by atoms with Crippen molar-refractivity contribution in [3.63, 3.8) is 0 Å². The lowest BCUT2D eigenvalue weighted by molar-refractivity contribution is 0.185. The van der Waals surface area contributed by atoms with E-state index in [2.05, 4.69) is 41.4 Å². The number of nitrogens with zero attached hydrogens (tertiary/aromatic N) is 2. The Labute approximate surface area is 132 Å². The van der Waals surface area contributed by atoms with Crippen LogP contribution in [0.5, 0.6) is 0 Å². The fourth-order valence-corrected chi connectivity index (χ4v) is 2.87. The highest BCUT2D eigenvalue weighted by molar-refractivity contribution is 14.1. The summed E-state index contributed by atoms with van der Waals surface area (Å²) >= 11 is 2.21. The quantitative estimate of drug-likeness (QED) is 0.820. The van der Waals surface area contributed by atoms with E-state index in [1.54, 1.807) is 7.11 Å². The van der Waals surface area contributed by atoms with Gasteiger partial charge in [0.15, 0.2) is 5.82 Å². The van der Waals surface area contributed by atoms with Crippen LogP contribution in [0.15, 0.2) is 24.3 Å². The van der Waals surface area contributed by atoms with Gasteiger partial charge in [-0.15, -0.1) is 0 Å². The lowest BCUT2D eigenvalue weighted by Gasteiger charge is -2.13. The van der Waals surface area contributed by atoms with Crippen LogP contribution >= 0.6 is 22.6 Å². The molecule has 2 rings (SSSR count). The topological polar surface area (TPSA) is 61.0 Å². The Bertz CT molecular complexity index is 614. The van der Waals surface area contributed by atoms with E-state index in [4.69, 9.17) is 15.5 Å². The first-order chi connectivity index (χ1) is 9.54. The Morgan fingerprint density at radius 1 is 1.25 bits per heavy atom. The zero-order chi connectivity index (χ0) is 14.7. The summed E-state index contributed by atoms with van der Waals surface area (Å²) in [6.07, 6.45) is 0. The second-order valence-corrected chi connectivity index (χ2v) is 5.96. The molecule has 1 heterocycles. The van der Waals surface area contributed by atoms with E-state index in [-0.39, 0.29) is 0 Å². The van der Waals surface area contributed by atoms with Gasteiger partial charge in [-0.3, -0.25) is 0 Å². The summed E-state index contributed by atoms with van der Waals surface area (Å²) in [4.78, 5) is 9.12. The number of halogens is 1. The molecule has 0 spiro atoms. The normalized spacial score (nSPS) is 11.1. The molecule has 1 aromatic heterocycles. The van der Waals surface area contributed by atoms with Gasteiger partial charge in [-0.2, -0.15) is 0 Å². The van der Waals surface area contributed by atoms with Gasteiger partial charge >= 0.3 is 0 Å². The first-order valence-electron chi connectivity index (χ1n) is 6.44. The van der Waals surface area contributed by atoms with Crippen LogP contribution in [0.3, 0.4) is 0 Å². The molecule has 0 saturated carbocycles. The third-order valence-electron chi connectivity index (χ3n) is 3.01. The molecular weight excluding hydrogens is 365 g/mol. The molecule has 0 aliphatic carbocycles. The lowest BCUT2D eigenvalue weighted by atomic mass is 10.1. The van der Waals surface area contributed by atoms with Crippen LogP contribution in [-0.4, -0.2) is 17.1 Å². The van der Waals surface area contributed by atoms with Gasteiger partial charge in [-0.05, 0) is 34.1 Å². The predicted octanol–water partition coefficient (Wildman–Crippen LogP) is 3.60. The molecule has 20 heavy (non-hydrogen) atoms. The van der Waals surface area contributed by atoms with Crippen molar-refractivity contribution in [2.24, 2.45) is 0 Å². The summed E-state index contributed by atoms with van der Waals surface area (Å²) in [6, 6.07) is 7.98. The Kier molecular flexibility index (Phi) is 4.93. The molecule has 0 aliphatic heterocycles. The minimum atomic E-state index is 0.306. The van der Waals surface area contributed by atoms with E-state index < -0.39 is 0 Å². The highest BCUT2D eigenvalue weighted by atomic mass is 127. The van der Waals surface area contributed by atoms with Gasteiger partial charge in [0.1, 0.15) is 5.82 Å². The zero-order valence-electron chi connectivity index (χ0n) is 11.9. The maximum atomic E-state index is 6.03. The average Bonchev–Trinajstić information content (AvgIpc) is 2.42. The maximum Gasteiger partial charge on any atom is 0.162 e. The van der Waals surface area contributed by atoms with E-state index >= 15 is 0 Å². The number of hydrogen-bond donors (Lipinski definition) is 1. The second kappa shape index (κ2) is 6.49. The molecule has 0 aliphatic rings. The van der Waals surface area contributed by atoms with Crippen LogP contribution in [0.4, 0.5) is 5.82 Å². The molecule has 0 fully saturated rings. The zero-order valence-corrected chi connectivity index (χ0v) is 14.0. The number of nitrogens with two attached hydrogens (primary N) is 1. The average molecular weight is 383 g/mol. The number of ether oxygens (including phenoxy) is 1. The molecule has 2 N–H and O–H groups in total. The van der Waals surface area contributed by atoms with E-state index in [1.165, 1.54) is 0 Å². The first kappa shape index (κ1) is 15.2. The van der Waals surface area contributed by atoms with Crippen LogP contribution in [0.1, 0.15) is 31.0 Å². The molecule has 1 aromatic carbocycles. The van der Waals surface area contributed by atoms with Crippen molar-refractivity contribution in [2.75, 3.05) is 12.8 Å². The Morgan fingerprint density at radius 2 is 1.95 bits per heavy atom. The van der Waals surface area contributed by atoms with Crippen molar-refractivity contribution in [2.45, 2.75) is 26.4 Å². The van der Waals surface area contributed by atoms with Gasteiger partial charge in [0, 0.05) is 12.7 Å². The third-order valence-corrected chi connectivity index (χ3v) is 4.11. The van der Waals surface area contributed by atoms with E-state index in [1.807, 2.05) is 24.3 Å². The molecule has 4 nitrogen and oxygen atoms in total. The van der Waals surface area contributed by atoms with Gasteiger partial charge in [-0.25, -0.2) is 9.97 Å². The molecule has 0 radical (unpaired) electrons. The van der Waals surface area contributed by atoms with Crippen LogP contribution in [0.2, 0.25) is 0 Å². The standard InChI is InChI=1S/C15H18IN3O/c1-9(2)13-12(16)14(17)19-15(18-13)11-7-5-4-6-10(11)8-20-3/h4-7,9H,8H2,1-3H3,(H2,17,18,19). The van der Waals surface area contributed by atoms with Gasteiger partial charge in [0.25, 0.3) is 0 Å². The third kappa shape index (κ3) is 3.09. The second-order valence-electron chi connectivity index (χ2n) is 4.88. The monoisotopic (exact) mass is 383 g/mol. The van der Waals surface area contributed by atoms with Crippen LogP contribution in [0, 0.1) is 3.57 Å². The largest absolute Gasteiger partial charge is 0.383 e. The number of nitrogen functional groups attached to an aromatic ring is 1. The summed E-state index contributed by atoms with van der Waals surface area (Å²) in [5.74, 6) is 1.51. The lowest BCUT2D eigenvalue weighted by Crippen LogP contribution is -2.07. The van der Waals surface area contributed by atoms with Gasteiger partial charge in [0.2, 0.25) is 0 Å². The van der Waals surface area contributed by atoms with Crippen LogP contribution in [-0.2, 0) is 11.3 Å². The number of rotatable bonds is 4. The molecule has 0 unspecified atom stereocenters. The van der Waals surface area contributed by atoms with Crippen molar-refractivity contribution >= 4 is 28.4 Å². The smallest absolute Gasteiger partial charge is 0.162 e. The number of methoxy groups -OCH3 is 1. The molecule has 5 heteroatoms. The molecule has 0 atom stereocenters. The molecule has 106 valence electrons. The highest BCUT2D eigenvalue weighted by Gasteiger charge is 2.15. The summed E-state index contributed by atoms with van der Waals surface area (Å²) in [5.41, 5.74) is 9.05. The van der Waals surface area contributed by atoms with Crippen molar-refractivity contribution in [3.05, 3.63) is 39.1 Å². The molecule has 0 bridgehead atoms. The summed E-state index contributed by atoms with van der Waals surface area (Å²) in [5, 5.41) is 0. The number of hydrogen-bond acceptors (Lipinski definition) is 4. The molecular formula is C15H18IN3O. The number of aromatic nitrogens is 2. The number of benzene rings is 1. The fourth-order valence-electron chi connectivity index (χ4n) is 2.01. The van der Waals surface area contributed by atoms with Crippen LogP contribution in [0.25, 0.3) is 11.4 Å². The van der Waals surface area contributed by atoms with E-state index in [0.29, 0.717) is 24.2 Å².